The van der Waals surface area contributed by atoms with Crippen LogP contribution in [0.2, 0.25) is 0 Å². The summed E-state index contributed by atoms with van der Waals surface area (Å²) in [6.45, 7) is 1.95. The summed E-state index contributed by atoms with van der Waals surface area (Å²) in [4.78, 5) is 20.3. The van der Waals surface area contributed by atoms with Crippen molar-refractivity contribution in [3.8, 4) is 0 Å². The summed E-state index contributed by atoms with van der Waals surface area (Å²) in [5.74, 6) is -0.138. The Balaban J connectivity index is 1.92. The van der Waals surface area contributed by atoms with E-state index in [1.807, 2.05) is 19.1 Å². The minimum absolute atomic E-state index is 0.0324. The van der Waals surface area contributed by atoms with Crippen LogP contribution in [-0.4, -0.2) is 21.9 Å². The van der Waals surface area contributed by atoms with Gasteiger partial charge < -0.3 is 11.1 Å². The summed E-state index contributed by atoms with van der Waals surface area (Å²) in [5.41, 5.74) is 6.58. The molecule has 0 aliphatic heterocycles. The van der Waals surface area contributed by atoms with Gasteiger partial charge in [0.05, 0.1) is 6.20 Å². The van der Waals surface area contributed by atoms with E-state index in [9.17, 15) is 4.79 Å². The number of nitrogens with one attached hydrogen (secondary N) is 1. The van der Waals surface area contributed by atoms with Crippen LogP contribution in [0.4, 0.5) is 5.13 Å². The maximum absolute atomic E-state index is 11.8. The summed E-state index contributed by atoms with van der Waals surface area (Å²) in [7, 11) is 0. The van der Waals surface area contributed by atoms with Crippen LogP contribution in [0.1, 0.15) is 22.2 Å². The fourth-order valence-electron chi connectivity index (χ4n) is 1.61. The number of nitrogen functional groups attached to an aromatic ring is 1. The average molecular weight is 262 g/mol. The molecule has 2 aromatic rings. The number of thiazole rings is 1. The van der Waals surface area contributed by atoms with Gasteiger partial charge in [0.25, 0.3) is 5.91 Å². The Hall–Kier alpha value is -1.95. The van der Waals surface area contributed by atoms with Crippen molar-refractivity contribution >= 4 is 22.4 Å². The summed E-state index contributed by atoms with van der Waals surface area (Å²) in [6.07, 6.45) is 5.76. The number of hydrogen-bond acceptors (Lipinski definition) is 5. The van der Waals surface area contributed by atoms with E-state index in [4.69, 9.17) is 5.73 Å². The highest BCUT2D eigenvalue weighted by Gasteiger charge is 2.12. The van der Waals surface area contributed by atoms with E-state index in [-0.39, 0.29) is 11.9 Å². The Labute approximate surface area is 109 Å². The molecule has 2 rings (SSSR count). The minimum Gasteiger partial charge on any atom is -0.375 e. The third-order valence-electron chi connectivity index (χ3n) is 2.39. The van der Waals surface area contributed by atoms with Crippen molar-refractivity contribution in [1.82, 2.24) is 15.3 Å². The van der Waals surface area contributed by atoms with Gasteiger partial charge >= 0.3 is 0 Å². The van der Waals surface area contributed by atoms with Crippen molar-refractivity contribution in [1.29, 1.82) is 0 Å². The van der Waals surface area contributed by atoms with E-state index in [1.54, 1.807) is 12.4 Å². The maximum atomic E-state index is 11.8. The van der Waals surface area contributed by atoms with Crippen molar-refractivity contribution in [2.24, 2.45) is 0 Å². The van der Waals surface area contributed by atoms with Gasteiger partial charge in [-0.05, 0) is 25.0 Å². The van der Waals surface area contributed by atoms with Crippen LogP contribution < -0.4 is 11.1 Å². The molecule has 3 N–H and O–H groups in total. The number of rotatable bonds is 4. The molecule has 1 amide bonds. The zero-order chi connectivity index (χ0) is 13.0. The van der Waals surface area contributed by atoms with Gasteiger partial charge in [-0.1, -0.05) is 17.4 Å². The lowest BCUT2D eigenvalue weighted by Gasteiger charge is -2.12. The molecule has 1 unspecified atom stereocenters. The molecule has 5 nitrogen and oxygen atoms in total. The van der Waals surface area contributed by atoms with Gasteiger partial charge in [0, 0.05) is 18.4 Å². The number of pyridine rings is 1. The lowest BCUT2D eigenvalue weighted by molar-refractivity contribution is 0.0944. The number of hydrogen-bond donors (Lipinski definition) is 2. The zero-order valence-electron chi connectivity index (χ0n) is 9.96. The first kappa shape index (κ1) is 12.5. The average Bonchev–Trinajstić information content (AvgIpc) is 2.77. The third kappa shape index (κ3) is 3.27. The largest absolute Gasteiger partial charge is 0.375 e. The molecule has 0 aliphatic carbocycles. The lowest BCUT2D eigenvalue weighted by Crippen LogP contribution is -2.33. The number of anilines is 1. The molecule has 0 aromatic carbocycles. The standard InChI is InChI=1S/C12H14N4OS/c1-8(5-9-3-2-4-14-6-9)16-11(17)10-7-15-12(13)18-10/h2-4,6-8H,5H2,1H3,(H2,13,15)(H,16,17). The van der Waals surface area contributed by atoms with Crippen LogP contribution in [-0.2, 0) is 6.42 Å². The van der Waals surface area contributed by atoms with E-state index in [2.05, 4.69) is 15.3 Å². The highest BCUT2D eigenvalue weighted by atomic mass is 32.1. The fourth-order valence-corrected chi connectivity index (χ4v) is 2.20. The van der Waals surface area contributed by atoms with Crippen LogP contribution in [0.15, 0.2) is 30.7 Å². The maximum Gasteiger partial charge on any atom is 0.263 e. The molecule has 0 spiro atoms. The number of carbonyl (C=O) groups excluding carboxylic acids is 1. The number of nitrogens with zero attached hydrogens (tertiary/aromatic N) is 2. The summed E-state index contributed by atoms with van der Waals surface area (Å²) in [6, 6.07) is 3.90. The second-order valence-corrected chi connectivity index (χ2v) is 5.06. The van der Waals surface area contributed by atoms with Gasteiger partial charge in [0.1, 0.15) is 4.88 Å². The monoisotopic (exact) mass is 262 g/mol. The summed E-state index contributed by atoms with van der Waals surface area (Å²) < 4.78 is 0. The molecule has 0 fully saturated rings. The predicted octanol–water partition coefficient (Wildman–Crippen LogP) is 1.48. The highest BCUT2D eigenvalue weighted by Crippen LogP contribution is 2.14. The van der Waals surface area contributed by atoms with Gasteiger partial charge in [-0.2, -0.15) is 0 Å². The zero-order valence-corrected chi connectivity index (χ0v) is 10.8. The molecular weight excluding hydrogens is 248 g/mol. The first-order chi connectivity index (χ1) is 8.65. The second-order valence-electron chi connectivity index (χ2n) is 4.00. The minimum atomic E-state index is -0.138. The van der Waals surface area contributed by atoms with Crippen LogP contribution in [0.5, 0.6) is 0 Å². The lowest BCUT2D eigenvalue weighted by atomic mass is 10.1. The first-order valence-corrected chi connectivity index (χ1v) is 6.38. The Morgan fingerprint density at radius 3 is 3.00 bits per heavy atom. The van der Waals surface area contributed by atoms with Gasteiger partial charge in [0.2, 0.25) is 0 Å². The van der Waals surface area contributed by atoms with Gasteiger partial charge in [0.15, 0.2) is 5.13 Å². The molecule has 2 heterocycles. The van der Waals surface area contributed by atoms with Crippen LogP contribution in [0, 0.1) is 0 Å². The van der Waals surface area contributed by atoms with Crippen molar-refractivity contribution in [3.63, 3.8) is 0 Å². The van der Waals surface area contributed by atoms with E-state index in [0.29, 0.717) is 10.0 Å². The molecule has 6 heteroatoms. The number of nitrogens with two attached hydrogens (primary N) is 1. The third-order valence-corrected chi connectivity index (χ3v) is 3.21. The van der Waals surface area contributed by atoms with E-state index < -0.39 is 0 Å². The summed E-state index contributed by atoms with van der Waals surface area (Å²) >= 11 is 1.19. The molecule has 18 heavy (non-hydrogen) atoms. The van der Waals surface area contributed by atoms with Gasteiger partial charge in [-0.3, -0.25) is 9.78 Å². The molecule has 0 saturated heterocycles. The normalized spacial score (nSPS) is 12.1. The Morgan fingerprint density at radius 1 is 1.56 bits per heavy atom. The molecule has 0 saturated carbocycles. The number of amides is 1. The Kier molecular flexibility index (Phi) is 3.88. The molecule has 1 atom stereocenters. The topological polar surface area (TPSA) is 80.9 Å². The second kappa shape index (κ2) is 5.59. The van der Waals surface area contributed by atoms with Gasteiger partial charge in [-0.25, -0.2) is 4.98 Å². The molecule has 2 aromatic heterocycles. The fraction of sp³-hybridized carbons (Fsp3) is 0.250. The quantitative estimate of drug-likeness (QED) is 0.874. The predicted molar refractivity (Wildman–Crippen MR) is 71.4 cm³/mol. The molecule has 0 aliphatic rings. The molecule has 0 bridgehead atoms. The molecular formula is C12H14N4OS. The number of aromatic nitrogens is 2. The molecule has 0 radical (unpaired) electrons. The van der Waals surface area contributed by atoms with Crippen molar-refractivity contribution in [2.45, 2.75) is 19.4 Å². The van der Waals surface area contributed by atoms with Crippen molar-refractivity contribution < 1.29 is 4.79 Å². The first-order valence-electron chi connectivity index (χ1n) is 5.56. The van der Waals surface area contributed by atoms with Gasteiger partial charge in [-0.15, -0.1) is 0 Å². The smallest absolute Gasteiger partial charge is 0.263 e. The Bertz CT molecular complexity index is 526. The molecule has 94 valence electrons. The van der Waals surface area contributed by atoms with Crippen LogP contribution >= 0.6 is 11.3 Å². The highest BCUT2D eigenvalue weighted by molar-refractivity contribution is 7.17. The number of carbonyl (C=O) groups is 1. The van der Waals surface area contributed by atoms with Crippen LogP contribution in [0.25, 0.3) is 0 Å². The summed E-state index contributed by atoms with van der Waals surface area (Å²) in [5, 5.41) is 3.31. The van der Waals surface area contributed by atoms with E-state index >= 15 is 0 Å². The SMILES string of the molecule is CC(Cc1cccnc1)NC(=O)c1cnc(N)s1. The Morgan fingerprint density at radius 2 is 2.39 bits per heavy atom. The van der Waals surface area contributed by atoms with Crippen LogP contribution in [0.3, 0.4) is 0 Å². The van der Waals surface area contributed by atoms with E-state index in [1.165, 1.54) is 17.5 Å². The van der Waals surface area contributed by atoms with Crippen molar-refractivity contribution in [3.05, 3.63) is 41.2 Å². The van der Waals surface area contributed by atoms with E-state index in [0.717, 1.165) is 12.0 Å². The van der Waals surface area contributed by atoms with Crippen molar-refractivity contribution in [2.75, 3.05) is 5.73 Å².